The van der Waals surface area contributed by atoms with Crippen LogP contribution >= 0.6 is 15.9 Å². The molecule has 0 fully saturated rings. The fourth-order valence-corrected chi connectivity index (χ4v) is 2.79. The molecule has 1 atom stereocenters. The van der Waals surface area contributed by atoms with Gasteiger partial charge in [0.05, 0.1) is 6.07 Å². The molecule has 0 aromatic heterocycles. The molecular weight excluding hydrogens is 264 g/mol. The Morgan fingerprint density at radius 2 is 2.31 bits per heavy atom. The molecule has 1 unspecified atom stereocenters. The van der Waals surface area contributed by atoms with Crippen molar-refractivity contribution in [3.05, 3.63) is 33.8 Å². The van der Waals surface area contributed by atoms with Crippen LogP contribution in [0, 0.1) is 11.3 Å². The van der Waals surface area contributed by atoms with Gasteiger partial charge in [-0.15, -0.1) is 0 Å². The number of halogens is 1. The second-order valence-corrected chi connectivity index (χ2v) is 5.23. The van der Waals surface area contributed by atoms with E-state index in [0.29, 0.717) is 0 Å². The van der Waals surface area contributed by atoms with Crippen LogP contribution in [0.4, 0.5) is 0 Å². The van der Waals surface area contributed by atoms with Gasteiger partial charge in [0.2, 0.25) is 0 Å². The van der Waals surface area contributed by atoms with Gasteiger partial charge >= 0.3 is 0 Å². The predicted molar refractivity (Wildman–Crippen MR) is 68.2 cm³/mol. The van der Waals surface area contributed by atoms with Gasteiger partial charge in [-0.3, -0.25) is 5.32 Å². The molecule has 1 aliphatic rings. The highest BCUT2D eigenvalue weighted by molar-refractivity contribution is 9.10. The molecule has 0 spiro atoms. The standard InChI is InChI=1S/C13H15BrN2/c1-2-16-13(9-15)6-5-10-7-12(14)4-3-11(10)8-13/h3-4,7,16H,2,5-6,8H2,1H3. The normalized spacial score (nSPS) is 23.6. The van der Waals surface area contributed by atoms with E-state index in [2.05, 4.69) is 52.4 Å². The highest BCUT2D eigenvalue weighted by atomic mass is 79.9. The van der Waals surface area contributed by atoms with Crippen LogP contribution in [0.1, 0.15) is 24.5 Å². The maximum Gasteiger partial charge on any atom is 0.111 e. The molecule has 1 aromatic rings. The number of rotatable bonds is 2. The summed E-state index contributed by atoms with van der Waals surface area (Å²) < 4.78 is 1.12. The largest absolute Gasteiger partial charge is 0.299 e. The highest BCUT2D eigenvalue weighted by Gasteiger charge is 2.33. The average molecular weight is 279 g/mol. The third-order valence-corrected chi connectivity index (χ3v) is 3.70. The molecule has 2 nitrogen and oxygen atoms in total. The first-order chi connectivity index (χ1) is 7.69. The maximum atomic E-state index is 9.33. The molecule has 0 aliphatic heterocycles. The third-order valence-electron chi connectivity index (χ3n) is 3.21. The Labute approximate surface area is 105 Å². The molecule has 0 heterocycles. The molecule has 84 valence electrons. The first-order valence-corrected chi connectivity index (χ1v) is 6.42. The summed E-state index contributed by atoms with van der Waals surface area (Å²) in [6.07, 6.45) is 2.70. The summed E-state index contributed by atoms with van der Waals surface area (Å²) >= 11 is 3.49. The lowest BCUT2D eigenvalue weighted by Gasteiger charge is -2.33. The van der Waals surface area contributed by atoms with Gasteiger partial charge in [-0.05, 0) is 42.6 Å². The monoisotopic (exact) mass is 278 g/mol. The van der Waals surface area contributed by atoms with Gasteiger partial charge in [-0.2, -0.15) is 5.26 Å². The number of aryl methyl sites for hydroxylation is 1. The van der Waals surface area contributed by atoms with Gasteiger partial charge < -0.3 is 0 Å². The zero-order chi connectivity index (χ0) is 11.6. The zero-order valence-corrected chi connectivity index (χ0v) is 11.0. The zero-order valence-electron chi connectivity index (χ0n) is 9.39. The lowest BCUT2D eigenvalue weighted by Crippen LogP contribution is -2.48. The van der Waals surface area contributed by atoms with Crippen LogP contribution in [0.2, 0.25) is 0 Å². The number of nitrogens with zero attached hydrogens (tertiary/aromatic N) is 1. The van der Waals surface area contributed by atoms with Crippen molar-refractivity contribution >= 4 is 15.9 Å². The average Bonchev–Trinajstić information content (AvgIpc) is 2.30. The van der Waals surface area contributed by atoms with Gasteiger partial charge in [0.1, 0.15) is 5.54 Å². The number of nitriles is 1. The summed E-state index contributed by atoms with van der Waals surface area (Å²) in [5, 5.41) is 12.7. The van der Waals surface area contributed by atoms with Gasteiger partial charge in [0.15, 0.2) is 0 Å². The molecule has 1 N–H and O–H groups in total. The summed E-state index contributed by atoms with van der Waals surface area (Å²) in [5.74, 6) is 0. The maximum absolute atomic E-state index is 9.33. The SMILES string of the molecule is CCNC1(C#N)CCc2cc(Br)ccc2C1. The molecule has 0 saturated heterocycles. The van der Waals surface area contributed by atoms with Gasteiger partial charge in [-0.1, -0.05) is 28.9 Å². The Bertz CT molecular complexity index is 436. The fraction of sp³-hybridized carbons (Fsp3) is 0.462. The molecule has 1 aromatic carbocycles. The number of hydrogen-bond acceptors (Lipinski definition) is 2. The van der Waals surface area contributed by atoms with Crippen molar-refractivity contribution in [3.63, 3.8) is 0 Å². The van der Waals surface area contributed by atoms with Gasteiger partial charge in [0.25, 0.3) is 0 Å². The lowest BCUT2D eigenvalue weighted by atomic mass is 9.79. The van der Waals surface area contributed by atoms with Gasteiger partial charge in [0, 0.05) is 10.9 Å². The van der Waals surface area contributed by atoms with Crippen LogP contribution < -0.4 is 5.32 Å². The van der Waals surface area contributed by atoms with Crippen LogP contribution in [-0.2, 0) is 12.8 Å². The lowest BCUT2D eigenvalue weighted by molar-refractivity contribution is 0.375. The van der Waals surface area contributed by atoms with E-state index >= 15 is 0 Å². The van der Waals surface area contributed by atoms with E-state index in [4.69, 9.17) is 0 Å². The van der Waals surface area contributed by atoms with E-state index < -0.39 is 0 Å². The predicted octanol–water partition coefficient (Wildman–Crippen LogP) is 2.81. The van der Waals surface area contributed by atoms with Crippen molar-refractivity contribution < 1.29 is 0 Å². The van der Waals surface area contributed by atoms with E-state index in [9.17, 15) is 5.26 Å². The van der Waals surface area contributed by atoms with Crippen molar-refractivity contribution in [2.75, 3.05) is 6.54 Å². The molecular formula is C13H15BrN2. The minimum atomic E-state index is -0.352. The second-order valence-electron chi connectivity index (χ2n) is 4.31. The van der Waals surface area contributed by atoms with Crippen LogP contribution in [0.5, 0.6) is 0 Å². The highest BCUT2D eigenvalue weighted by Crippen LogP contribution is 2.30. The molecule has 16 heavy (non-hydrogen) atoms. The number of fused-ring (bicyclic) bond motifs is 1. The van der Waals surface area contributed by atoms with Crippen molar-refractivity contribution in [3.8, 4) is 6.07 Å². The summed E-state index contributed by atoms with van der Waals surface area (Å²) in [7, 11) is 0. The fourth-order valence-electron chi connectivity index (χ4n) is 2.39. The summed E-state index contributed by atoms with van der Waals surface area (Å²) in [6.45, 7) is 2.90. The Balaban J connectivity index is 2.30. The summed E-state index contributed by atoms with van der Waals surface area (Å²) in [5.41, 5.74) is 2.32. The molecule has 1 aliphatic carbocycles. The van der Waals surface area contributed by atoms with Crippen molar-refractivity contribution in [2.24, 2.45) is 0 Å². The quantitative estimate of drug-likeness (QED) is 0.903. The Kier molecular flexibility index (Phi) is 3.32. The Hall–Kier alpha value is -0.850. The van der Waals surface area contributed by atoms with E-state index in [1.54, 1.807) is 0 Å². The van der Waals surface area contributed by atoms with E-state index in [-0.39, 0.29) is 5.54 Å². The first kappa shape index (κ1) is 11.6. The molecule has 0 radical (unpaired) electrons. The smallest absolute Gasteiger partial charge is 0.111 e. The topological polar surface area (TPSA) is 35.8 Å². The molecule has 0 amide bonds. The van der Waals surface area contributed by atoms with Crippen molar-refractivity contribution in [1.82, 2.24) is 5.32 Å². The summed E-state index contributed by atoms with van der Waals surface area (Å²) in [4.78, 5) is 0. The molecule has 0 saturated carbocycles. The van der Waals surface area contributed by atoms with E-state index in [1.807, 2.05) is 0 Å². The van der Waals surface area contributed by atoms with Crippen LogP contribution in [0.25, 0.3) is 0 Å². The molecule has 2 rings (SSSR count). The number of nitrogens with one attached hydrogen (secondary N) is 1. The van der Waals surface area contributed by atoms with Crippen LogP contribution in [-0.4, -0.2) is 12.1 Å². The van der Waals surface area contributed by atoms with E-state index in [1.165, 1.54) is 11.1 Å². The van der Waals surface area contributed by atoms with Crippen molar-refractivity contribution in [1.29, 1.82) is 5.26 Å². The first-order valence-electron chi connectivity index (χ1n) is 5.63. The molecule has 3 heteroatoms. The van der Waals surface area contributed by atoms with Gasteiger partial charge in [-0.25, -0.2) is 0 Å². The number of likely N-dealkylation sites (N-methyl/N-ethyl adjacent to an activating group) is 1. The summed E-state index contributed by atoms with van der Waals surface area (Å²) in [6, 6.07) is 8.80. The number of benzene rings is 1. The van der Waals surface area contributed by atoms with Crippen LogP contribution in [0.3, 0.4) is 0 Å². The van der Waals surface area contributed by atoms with Crippen molar-refractivity contribution in [2.45, 2.75) is 31.7 Å². The third kappa shape index (κ3) is 2.14. The minimum Gasteiger partial charge on any atom is -0.299 e. The Morgan fingerprint density at radius 1 is 1.50 bits per heavy atom. The number of hydrogen-bond donors (Lipinski definition) is 1. The van der Waals surface area contributed by atoms with E-state index in [0.717, 1.165) is 30.3 Å². The molecule has 0 bridgehead atoms. The Morgan fingerprint density at radius 3 is 3.00 bits per heavy atom. The minimum absolute atomic E-state index is 0.352. The van der Waals surface area contributed by atoms with Crippen LogP contribution in [0.15, 0.2) is 22.7 Å². The second kappa shape index (κ2) is 4.57.